The Labute approximate surface area is 101 Å². The molecule has 1 aromatic rings. The third kappa shape index (κ3) is 3.52. The standard InChI is InChI=1S/C10H18N4O2S/c15-17(16,10-8-11-12-9-10)13-4-3-7-14-5-1-2-6-14/h8-9,13H,1-7H2,(H,11,12). The minimum Gasteiger partial charge on any atom is -0.303 e. The van der Waals surface area contributed by atoms with E-state index < -0.39 is 10.0 Å². The van der Waals surface area contributed by atoms with Gasteiger partial charge in [-0.3, -0.25) is 5.10 Å². The molecule has 7 heteroatoms. The van der Waals surface area contributed by atoms with Crippen LogP contribution in [0.2, 0.25) is 0 Å². The summed E-state index contributed by atoms with van der Waals surface area (Å²) in [4.78, 5) is 2.56. The number of nitrogens with zero attached hydrogens (tertiary/aromatic N) is 2. The summed E-state index contributed by atoms with van der Waals surface area (Å²) < 4.78 is 26.0. The predicted octanol–water partition coefficient (Wildman–Crippen LogP) is 0.174. The van der Waals surface area contributed by atoms with Gasteiger partial charge in [-0.05, 0) is 38.9 Å². The molecule has 0 amide bonds. The molecule has 1 saturated heterocycles. The summed E-state index contributed by atoms with van der Waals surface area (Å²) in [6.45, 7) is 3.74. The first kappa shape index (κ1) is 12.5. The van der Waals surface area contributed by atoms with Crippen LogP contribution in [0.3, 0.4) is 0 Å². The van der Waals surface area contributed by atoms with Crippen LogP contribution in [0.1, 0.15) is 19.3 Å². The topological polar surface area (TPSA) is 78.1 Å². The molecule has 0 aromatic carbocycles. The summed E-state index contributed by atoms with van der Waals surface area (Å²) in [6.07, 6.45) is 6.06. The van der Waals surface area contributed by atoms with Crippen LogP contribution in [0.5, 0.6) is 0 Å². The van der Waals surface area contributed by atoms with Crippen LogP contribution in [-0.4, -0.2) is 49.7 Å². The Kier molecular flexibility index (Phi) is 4.14. The van der Waals surface area contributed by atoms with E-state index in [2.05, 4.69) is 19.8 Å². The van der Waals surface area contributed by atoms with E-state index >= 15 is 0 Å². The molecule has 0 bridgehead atoms. The van der Waals surface area contributed by atoms with Crippen LogP contribution in [-0.2, 0) is 10.0 Å². The van der Waals surface area contributed by atoms with Gasteiger partial charge in [0.25, 0.3) is 0 Å². The molecule has 0 spiro atoms. The van der Waals surface area contributed by atoms with Gasteiger partial charge in [0.05, 0.1) is 6.20 Å². The van der Waals surface area contributed by atoms with Gasteiger partial charge >= 0.3 is 0 Å². The van der Waals surface area contributed by atoms with Crippen molar-refractivity contribution in [3.05, 3.63) is 12.4 Å². The molecule has 1 fully saturated rings. The zero-order valence-corrected chi connectivity index (χ0v) is 10.5. The summed E-state index contributed by atoms with van der Waals surface area (Å²) in [7, 11) is -3.37. The maximum atomic E-state index is 11.7. The van der Waals surface area contributed by atoms with Crippen molar-refractivity contribution in [2.45, 2.75) is 24.2 Å². The SMILES string of the molecule is O=S(=O)(NCCCN1CCCC1)c1cn[nH]c1. The summed E-state index contributed by atoms with van der Waals surface area (Å²) in [5.41, 5.74) is 0. The van der Waals surface area contributed by atoms with Gasteiger partial charge in [-0.15, -0.1) is 0 Å². The van der Waals surface area contributed by atoms with Crippen LogP contribution in [0.15, 0.2) is 17.3 Å². The smallest absolute Gasteiger partial charge is 0.243 e. The lowest BCUT2D eigenvalue weighted by Gasteiger charge is -2.14. The maximum absolute atomic E-state index is 11.7. The molecule has 0 unspecified atom stereocenters. The molecular formula is C10H18N4O2S. The molecule has 2 rings (SSSR count). The summed E-state index contributed by atoms with van der Waals surface area (Å²) >= 11 is 0. The molecule has 0 saturated carbocycles. The highest BCUT2D eigenvalue weighted by Crippen LogP contribution is 2.07. The lowest BCUT2D eigenvalue weighted by Crippen LogP contribution is -2.28. The van der Waals surface area contributed by atoms with Crippen molar-refractivity contribution in [2.75, 3.05) is 26.2 Å². The highest BCUT2D eigenvalue weighted by atomic mass is 32.2. The molecule has 0 atom stereocenters. The fourth-order valence-corrected chi connectivity index (χ4v) is 2.96. The van der Waals surface area contributed by atoms with Gasteiger partial charge < -0.3 is 4.90 Å². The van der Waals surface area contributed by atoms with Crippen molar-refractivity contribution in [1.82, 2.24) is 19.8 Å². The summed E-state index contributed by atoms with van der Waals surface area (Å²) in [5.74, 6) is 0. The van der Waals surface area contributed by atoms with Crippen LogP contribution in [0.4, 0.5) is 0 Å². The highest BCUT2D eigenvalue weighted by Gasteiger charge is 2.15. The van der Waals surface area contributed by atoms with E-state index in [4.69, 9.17) is 0 Å². The molecule has 1 aliphatic heterocycles. The first-order chi connectivity index (χ1) is 8.18. The van der Waals surface area contributed by atoms with E-state index in [0.29, 0.717) is 6.54 Å². The zero-order chi connectivity index (χ0) is 12.1. The number of aromatic nitrogens is 2. The van der Waals surface area contributed by atoms with E-state index in [9.17, 15) is 8.42 Å². The average Bonchev–Trinajstić information content (AvgIpc) is 2.97. The van der Waals surface area contributed by atoms with Crippen LogP contribution < -0.4 is 4.72 Å². The molecular weight excluding hydrogens is 240 g/mol. The Morgan fingerprint density at radius 2 is 2.18 bits per heavy atom. The van der Waals surface area contributed by atoms with Crippen molar-refractivity contribution in [3.8, 4) is 0 Å². The second-order valence-electron chi connectivity index (χ2n) is 4.23. The predicted molar refractivity (Wildman–Crippen MR) is 64.1 cm³/mol. The third-order valence-corrected chi connectivity index (χ3v) is 4.35. The second-order valence-corrected chi connectivity index (χ2v) is 6.00. The highest BCUT2D eigenvalue weighted by molar-refractivity contribution is 7.89. The van der Waals surface area contributed by atoms with E-state index in [1.165, 1.54) is 25.2 Å². The van der Waals surface area contributed by atoms with Crippen molar-refractivity contribution < 1.29 is 8.42 Å². The van der Waals surface area contributed by atoms with Crippen molar-refractivity contribution in [3.63, 3.8) is 0 Å². The summed E-state index contributed by atoms with van der Waals surface area (Å²) in [6, 6.07) is 0. The Bertz CT molecular complexity index is 423. The van der Waals surface area contributed by atoms with Crippen molar-refractivity contribution >= 4 is 10.0 Å². The van der Waals surface area contributed by atoms with Gasteiger partial charge in [-0.2, -0.15) is 5.10 Å². The van der Waals surface area contributed by atoms with Crippen molar-refractivity contribution in [1.29, 1.82) is 0 Å². The maximum Gasteiger partial charge on any atom is 0.243 e. The first-order valence-electron chi connectivity index (χ1n) is 5.89. The van der Waals surface area contributed by atoms with Gasteiger partial charge in [0, 0.05) is 12.7 Å². The van der Waals surface area contributed by atoms with Crippen LogP contribution in [0.25, 0.3) is 0 Å². The molecule has 2 heterocycles. The Morgan fingerprint density at radius 3 is 2.82 bits per heavy atom. The van der Waals surface area contributed by atoms with Gasteiger partial charge in [-0.25, -0.2) is 13.1 Å². The molecule has 1 aliphatic rings. The number of likely N-dealkylation sites (tertiary alicyclic amines) is 1. The number of hydrogen-bond acceptors (Lipinski definition) is 4. The lowest BCUT2D eigenvalue weighted by atomic mass is 10.4. The molecule has 2 N–H and O–H groups in total. The molecule has 0 radical (unpaired) electrons. The largest absolute Gasteiger partial charge is 0.303 e. The molecule has 1 aromatic heterocycles. The molecule has 0 aliphatic carbocycles. The van der Waals surface area contributed by atoms with Gasteiger partial charge in [0.15, 0.2) is 0 Å². The Balaban J connectivity index is 1.71. The van der Waals surface area contributed by atoms with Crippen LogP contribution >= 0.6 is 0 Å². The third-order valence-electron chi connectivity index (χ3n) is 2.93. The number of H-pyrrole nitrogens is 1. The number of nitrogens with one attached hydrogen (secondary N) is 2. The number of aromatic amines is 1. The van der Waals surface area contributed by atoms with Crippen molar-refractivity contribution in [2.24, 2.45) is 0 Å². The number of rotatable bonds is 6. The summed E-state index contributed by atoms with van der Waals surface area (Å²) in [5, 5.41) is 6.12. The Hall–Kier alpha value is -0.920. The fourth-order valence-electron chi connectivity index (χ4n) is 1.98. The Morgan fingerprint density at radius 1 is 1.41 bits per heavy atom. The van der Waals surface area contributed by atoms with E-state index in [1.807, 2.05) is 0 Å². The van der Waals surface area contributed by atoms with E-state index in [1.54, 1.807) is 0 Å². The fraction of sp³-hybridized carbons (Fsp3) is 0.700. The van der Waals surface area contributed by atoms with Gasteiger partial charge in [-0.1, -0.05) is 0 Å². The minimum atomic E-state index is -3.37. The van der Waals surface area contributed by atoms with E-state index in [-0.39, 0.29) is 4.90 Å². The zero-order valence-electron chi connectivity index (χ0n) is 9.72. The first-order valence-corrected chi connectivity index (χ1v) is 7.37. The molecule has 17 heavy (non-hydrogen) atoms. The quantitative estimate of drug-likeness (QED) is 0.713. The number of sulfonamides is 1. The monoisotopic (exact) mass is 258 g/mol. The van der Waals surface area contributed by atoms with Gasteiger partial charge in [0.1, 0.15) is 4.90 Å². The molecule has 6 nitrogen and oxygen atoms in total. The molecule has 96 valence electrons. The van der Waals surface area contributed by atoms with E-state index in [0.717, 1.165) is 26.1 Å². The average molecular weight is 258 g/mol. The second kappa shape index (κ2) is 5.61. The lowest BCUT2D eigenvalue weighted by molar-refractivity contribution is 0.334. The van der Waals surface area contributed by atoms with Crippen LogP contribution in [0, 0.1) is 0 Å². The minimum absolute atomic E-state index is 0.193. The van der Waals surface area contributed by atoms with Gasteiger partial charge in [0.2, 0.25) is 10.0 Å². The number of hydrogen-bond donors (Lipinski definition) is 2. The normalized spacial score (nSPS) is 17.6.